The van der Waals surface area contributed by atoms with Gasteiger partial charge in [0.1, 0.15) is 0 Å². The molecule has 0 aliphatic rings. The summed E-state index contributed by atoms with van der Waals surface area (Å²) in [5, 5.41) is 1.68. The van der Waals surface area contributed by atoms with Crippen LogP contribution in [0.15, 0.2) is 0 Å². The normalized spacial score (nSPS) is 12.6. The van der Waals surface area contributed by atoms with Crippen LogP contribution in [0.25, 0.3) is 0 Å². The second-order valence-corrected chi connectivity index (χ2v) is 3.64. The summed E-state index contributed by atoms with van der Waals surface area (Å²) < 4.78 is 45.7. The Morgan fingerprint density at radius 3 is 2.24 bits per heavy atom. The van der Waals surface area contributed by atoms with Gasteiger partial charge < -0.3 is 20.5 Å². The third kappa shape index (κ3) is 7.94. The van der Waals surface area contributed by atoms with E-state index in [2.05, 4.69) is 0 Å². The Balaban J connectivity index is 3.74. The van der Waals surface area contributed by atoms with Crippen molar-refractivity contribution >= 4 is 5.91 Å². The van der Waals surface area contributed by atoms with Crippen LogP contribution in [-0.4, -0.2) is 44.2 Å². The van der Waals surface area contributed by atoms with Crippen molar-refractivity contribution in [2.24, 2.45) is 5.73 Å². The van der Waals surface area contributed by atoms with Crippen molar-refractivity contribution in [3.63, 3.8) is 0 Å². The van der Waals surface area contributed by atoms with Crippen LogP contribution >= 0.6 is 0 Å². The number of nitrogens with one attached hydrogen (secondary N) is 1. The van der Waals surface area contributed by atoms with E-state index in [0.717, 1.165) is 0 Å². The molecule has 102 valence electrons. The number of hydrogen-bond acceptors (Lipinski definition) is 4. The first kappa shape index (κ1) is 16.1. The van der Waals surface area contributed by atoms with Gasteiger partial charge in [0, 0.05) is 13.1 Å². The maximum atomic E-state index is 11.8. The van der Waals surface area contributed by atoms with Crippen molar-refractivity contribution in [3.05, 3.63) is 0 Å². The zero-order valence-corrected chi connectivity index (χ0v) is 9.76. The summed E-state index contributed by atoms with van der Waals surface area (Å²) in [7, 11) is 0. The number of halogens is 3. The molecule has 17 heavy (non-hydrogen) atoms. The number of carbonyl (C=O) groups is 1. The van der Waals surface area contributed by atoms with Gasteiger partial charge in [-0.2, -0.15) is 13.2 Å². The summed E-state index contributed by atoms with van der Waals surface area (Å²) in [4.78, 5) is 10.4. The number of alkyl halides is 3. The van der Waals surface area contributed by atoms with Gasteiger partial charge in [0.25, 0.3) is 0 Å². The minimum Gasteiger partial charge on any atom is -0.349 e. The molecule has 0 aromatic rings. The zero-order valence-electron chi connectivity index (χ0n) is 9.76. The van der Waals surface area contributed by atoms with Crippen molar-refractivity contribution < 1.29 is 27.4 Å². The molecular weight excluding hydrogens is 241 g/mol. The van der Waals surface area contributed by atoms with Crippen LogP contribution in [-0.2, 0) is 14.3 Å². The van der Waals surface area contributed by atoms with Crippen molar-refractivity contribution in [2.45, 2.75) is 25.8 Å². The molecule has 0 saturated heterocycles. The van der Waals surface area contributed by atoms with Crippen LogP contribution in [0.1, 0.15) is 13.8 Å². The lowest BCUT2D eigenvalue weighted by molar-refractivity contribution is -0.211. The Kier molecular flexibility index (Phi) is 6.43. The zero-order chi connectivity index (χ0) is 13.5. The molecule has 3 N–H and O–H groups in total. The highest BCUT2D eigenvalue weighted by molar-refractivity contribution is 5.81. The van der Waals surface area contributed by atoms with E-state index in [0.29, 0.717) is 6.54 Å². The minimum atomic E-state index is -4.87. The molecular formula is C9H17F3N2O3. The quantitative estimate of drug-likeness (QED) is 0.512. The summed E-state index contributed by atoms with van der Waals surface area (Å²) in [5.41, 5.74) is 5.22. The average molecular weight is 258 g/mol. The van der Waals surface area contributed by atoms with Crippen LogP contribution in [0, 0.1) is 0 Å². The first-order valence-electron chi connectivity index (χ1n) is 5.02. The van der Waals surface area contributed by atoms with Gasteiger partial charge in [-0.25, -0.2) is 0 Å². The summed E-state index contributed by atoms with van der Waals surface area (Å²) >= 11 is 0. The van der Waals surface area contributed by atoms with Gasteiger partial charge in [0.2, 0.25) is 0 Å². The van der Waals surface area contributed by atoms with Gasteiger partial charge in [-0.05, 0) is 13.8 Å². The first-order chi connectivity index (χ1) is 7.69. The summed E-state index contributed by atoms with van der Waals surface area (Å²) in [6.07, 6.45) is -4.87. The van der Waals surface area contributed by atoms with Gasteiger partial charge in [0.15, 0.2) is 5.79 Å². The van der Waals surface area contributed by atoms with Gasteiger partial charge >= 0.3 is 12.1 Å². The number of hydrogen-bond donors (Lipinski definition) is 2. The van der Waals surface area contributed by atoms with E-state index in [1.165, 1.54) is 0 Å². The third-order valence-electron chi connectivity index (χ3n) is 1.66. The van der Waals surface area contributed by atoms with E-state index >= 15 is 0 Å². The topological polar surface area (TPSA) is 73.6 Å². The summed E-state index contributed by atoms with van der Waals surface area (Å²) in [6.45, 7) is 3.48. The van der Waals surface area contributed by atoms with E-state index in [9.17, 15) is 18.0 Å². The second kappa shape index (κ2) is 6.77. The Labute approximate surface area is 97.4 Å². The monoisotopic (exact) mass is 258 g/mol. The van der Waals surface area contributed by atoms with Gasteiger partial charge in [-0.15, -0.1) is 0 Å². The van der Waals surface area contributed by atoms with Crippen LogP contribution in [0.3, 0.4) is 0 Å². The number of amides is 1. The molecule has 0 aliphatic carbocycles. The fraction of sp³-hybridized carbons (Fsp3) is 0.889. The lowest BCUT2D eigenvalue weighted by Crippen LogP contribution is -2.40. The fourth-order valence-corrected chi connectivity index (χ4v) is 0.908. The van der Waals surface area contributed by atoms with E-state index in [4.69, 9.17) is 15.2 Å². The standard InChI is InChI=1S/C9H17F3N2O3/c1-8(2,16-5-3-13)17-6-4-14-7(15)9(10,11)12/h3-6,13H2,1-2H3,(H,14,15). The average Bonchev–Trinajstić information content (AvgIpc) is 2.20. The second-order valence-electron chi connectivity index (χ2n) is 3.64. The molecule has 8 heteroatoms. The van der Waals surface area contributed by atoms with E-state index < -0.39 is 17.9 Å². The Morgan fingerprint density at radius 2 is 1.76 bits per heavy atom. The number of carbonyl (C=O) groups excluding carboxylic acids is 1. The molecule has 0 bridgehead atoms. The highest BCUT2D eigenvalue weighted by atomic mass is 19.4. The number of nitrogens with two attached hydrogens (primary N) is 1. The highest BCUT2D eigenvalue weighted by Gasteiger charge is 2.38. The Morgan fingerprint density at radius 1 is 1.24 bits per heavy atom. The van der Waals surface area contributed by atoms with E-state index in [1.807, 2.05) is 0 Å². The van der Waals surface area contributed by atoms with Gasteiger partial charge in [-0.3, -0.25) is 4.79 Å². The van der Waals surface area contributed by atoms with E-state index in [-0.39, 0.29) is 19.8 Å². The fourth-order valence-electron chi connectivity index (χ4n) is 0.908. The van der Waals surface area contributed by atoms with Crippen LogP contribution in [0.2, 0.25) is 0 Å². The molecule has 0 aliphatic heterocycles. The third-order valence-corrected chi connectivity index (χ3v) is 1.66. The molecule has 5 nitrogen and oxygen atoms in total. The molecule has 0 saturated carbocycles. The predicted molar refractivity (Wildman–Crippen MR) is 54.1 cm³/mol. The Bertz CT molecular complexity index is 244. The Hall–Kier alpha value is -0.860. The lowest BCUT2D eigenvalue weighted by atomic mass is 10.4. The summed E-state index contributed by atoms with van der Waals surface area (Å²) in [6, 6.07) is 0. The van der Waals surface area contributed by atoms with Crippen molar-refractivity contribution in [3.8, 4) is 0 Å². The van der Waals surface area contributed by atoms with Crippen molar-refractivity contribution in [1.82, 2.24) is 5.32 Å². The maximum Gasteiger partial charge on any atom is 0.471 e. The van der Waals surface area contributed by atoms with Gasteiger partial charge in [0.05, 0.1) is 13.2 Å². The number of rotatable bonds is 7. The van der Waals surface area contributed by atoms with Gasteiger partial charge in [-0.1, -0.05) is 0 Å². The molecule has 0 atom stereocenters. The molecule has 0 spiro atoms. The predicted octanol–water partition coefficient (Wildman–Crippen LogP) is 0.393. The molecule has 1 amide bonds. The molecule has 0 unspecified atom stereocenters. The first-order valence-corrected chi connectivity index (χ1v) is 5.02. The maximum absolute atomic E-state index is 11.8. The summed E-state index contributed by atoms with van der Waals surface area (Å²) in [5.74, 6) is -2.93. The molecule has 0 aromatic carbocycles. The SMILES string of the molecule is CC(C)(OCCN)OCCNC(=O)C(F)(F)F. The van der Waals surface area contributed by atoms with E-state index in [1.54, 1.807) is 19.2 Å². The molecule has 0 aromatic heterocycles. The largest absolute Gasteiger partial charge is 0.471 e. The minimum absolute atomic E-state index is 0.0839. The van der Waals surface area contributed by atoms with Crippen LogP contribution in [0.5, 0.6) is 0 Å². The number of ether oxygens (including phenoxy) is 2. The van der Waals surface area contributed by atoms with Crippen molar-refractivity contribution in [1.29, 1.82) is 0 Å². The molecule has 0 fully saturated rings. The lowest BCUT2D eigenvalue weighted by Gasteiger charge is -2.25. The molecule has 0 rings (SSSR count). The molecule has 0 radical (unpaired) electrons. The molecule has 0 heterocycles. The highest BCUT2D eigenvalue weighted by Crippen LogP contribution is 2.14. The van der Waals surface area contributed by atoms with Crippen molar-refractivity contribution in [2.75, 3.05) is 26.3 Å². The van der Waals surface area contributed by atoms with Crippen LogP contribution < -0.4 is 11.1 Å². The smallest absolute Gasteiger partial charge is 0.349 e. The van der Waals surface area contributed by atoms with Crippen LogP contribution in [0.4, 0.5) is 13.2 Å².